The van der Waals surface area contributed by atoms with Crippen molar-refractivity contribution in [3.8, 4) is 5.69 Å². The van der Waals surface area contributed by atoms with E-state index < -0.39 is 11.9 Å². The van der Waals surface area contributed by atoms with Crippen molar-refractivity contribution in [2.75, 3.05) is 6.54 Å². The summed E-state index contributed by atoms with van der Waals surface area (Å²) in [6.07, 6.45) is 3.42. The minimum atomic E-state index is -0.925. The first-order valence-electron chi connectivity index (χ1n) is 8.23. The first-order chi connectivity index (χ1) is 11.9. The number of aliphatic carboxylic acids is 1. The summed E-state index contributed by atoms with van der Waals surface area (Å²) < 4.78 is 14.8. The normalized spacial score (nSPS) is 15.0. The Kier molecular flexibility index (Phi) is 4.57. The number of carboxylic acid groups (broad SMARTS) is 1. The molecule has 1 amide bonds. The Bertz CT molecular complexity index is 814. The highest BCUT2D eigenvalue weighted by molar-refractivity contribution is 5.93. The zero-order valence-corrected chi connectivity index (χ0v) is 14.1. The quantitative estimate of drug-likeness (QED) is 0.873. The number of carbonyl (C=O) groups excluding carboxylic acids is 1. The Hall–Kier alpha value is -2.70. The van der Waals surface area contributed by atoms with Crippen LogP contribution >= 0.6 is 0 Å². The lowest BCUT2D eigenvalue weighted by atomic mass is 10.1. The van der Waals surface area contributed by atoms with Gasteiger partial charge < -0.3 is 10.0 Å². The second kappa shape index (κ2) is 6.66. The molecule has 0 bridgehead atoms. The number of halogens is 1. The highest BCUT2D eigenvalue weighted by Gasteiger charge is 2.35. The van der Waals surface area contributed by atoms with Crippen LogP contribution in [0.4, 0.5) is 4.39 Å². The topological polar surface area (TPSA) is 75.4 Å². The van der Waals surface area contributed by atoms with Crippen molar-refractivity contribution in [1.82, 2.24) is 14.7 Å². The lowest BCUT2D eigenvalue weighted by Crippen LogP contribution is -2.38. The van der Waals surface area contributed by atoms with Gasteiger partial charge in [-0.3, -0.25) is 9.59 Å². The summed E-state index contributed by atoms with van der Waals surface area (Å²) in [5.41, 5.74) is 1.66. The van der Waals surface area contributed by atoms with E-state index in [-0.39, 0.29) is 30.0 Å². The summed E-state index contributed by atoms with van der Waals surface area (Å²) in [4.78, 5) is 25.5. The SMILES string of the molecule is Cc1cc(F)ccc1-n1ccc(C(=O)N(CC(C)C(=O)O)C2CC2)n1. The third-order valence-corrected chi connectivity index (χ3v) is 4.35. The van der Waals surface area contributed by atoms with Gasteiger partial charge in [0, 0.05) is 18.8 Å². The minimum absolute atomic E-state index is 0.0898. The molecule has 0 radical (unpaired) electrons. The van der Waals surface area contributed by atoms with Crippen LogP contribution in [0.25, 0.3) is 5.69 Å². The van der Waals surface area contributed by atoms with Crippen LogP contribution in [0.1, 0.15) is 35.8 Å². The number of rotatable bonds is 6. The van der Waals surface area contributed by atoms with E-state index in [1.165, 1.54) is 16.8 Å². The summed E-state index contributed by atoms with van der Waals surface area (Å²) in [5, 5.41) is 13.4. The van der Waals surface area contributed by atoms with Gasteiger partial charge >= 0.3 is 5.97 Å². The molecule has 1 aliphatic carbocycles. The third-order valence-electron chi connectivity index (χ3n) is 4.35. The molecule has 0 saturated heterocycles. The van der Waals surface area contributed by atoms with E-state index in [4.69, 9.17) is 5.11 Å². The smallest absolute Gasteiger partial charge is 0.308 e. The summed E-state index contributed by atoms with van der Waals surface area (Å²) in [7, 11) is 0. The number of hydrogen-bond donors (Lipinski definition) is 1. The average Bonchev–Trinajstić information content (AvgIpc) is 3.28. The van der Waals surface area contributed by atoms with Crippen LogP contribution in [0.5, 0.6) is 0 Å². The van der Waals surface area contributed by atoms with Crippen molar-refractivity contribution in [1.29, 1.82) is 0 Å². The maximum atomic E-state index is 13.2. The number of nitrogens with zero attached hydrogens (tertiary/aromatic N) is 3. The van der Waals surface area contributed by atoms with Crippen LogP contribution < -0.4 is 0 Å². The number of aryl methyl sites for hydroxylation is 1. The van der Waals surface area contributed by atoms with Crippen molar-refractivity contribution >= 4 is 11.9 Å². The molecule has 1 atom stereocenters. The summed E-state index contributed by atoms with van der Waals surface area (Å²) in [6, 6.07) is 6.05. The van der Waals surface area contributed by atoms with Crippen LogP contribution in [-0.2, 0) is 4.79 Å². The zero-order chi connectivity index (χ0) is 18.1. The van der Waals surface area contributed by atoms with E-state index in [2.05, 4.69) is 5.10 Å². The van der Waals surface area contributed by atoms with E-state index in [0.717, 1.165) is 12.8 Å². The van der Waals surface area contributed by atoms with Gasteiger partial charge in [-0.15, -0.1) is 0 Å². The number of amides is 1. The van der Waals surface area contributed by atoms with Gasteiger partial charge in [0.1, 0.15) is 5.82 Å². The fraction of sp³-hybridized carbons (Fsp3) is 0.389. The van der Waals surface area contributed by atoms with Gasteiger partial charge in [-0.25, -0.2) is 9.07 Å². The Labute approximate surface area is 144 Å². The Morgan fingerprint density at radius 3 is 2.72 bits per heavy atom. The van der Waals surface area contributed by atoms with E-state index in [1.54, 1.807) is 37.1 Å². The van der Waals surface area contributed by atoms with Crippen molar-refractivity contribution in [2.45, 2.75) is 32.7 Å². The van der Waals surface area contributed by atoms with Gasteiger partial charge in [0.2, 0.25) is 0 Å². The van der Waals surface area contributed by atoms with Crippen LogP contribution in [0.15, 0.2) is 30.5 Å². The maximum absolute atomic E-state index is 13.2. The molecule has 1 saturated carbocycles. The molecule has 1 N–H and O–H groups in total. The Balaban J connectivity index is 1.82. The first-order valence-corrected chi connectivity index (χ1v) is 8.23. The monoisotopic (exact) mass is 345 g/mol. The molecule has 1 unspecified atom stereocenters. The van der Waals surface area contributed by atoms with E-state index >= 15 is 0 Å². The van der Waals surface area contributed by atoms with E-state index in [0.29, 0.717) is 11.3 Å². The van der Waals surface area contributed by atoms with Crippen LogP contribution in [0.3, 0.4) is 0 Å². The summed E-state index contributed by atoms with van der Waals surface area (Å²) in [5.74, 6) is -2.15. The standard InChI is InChI=1S/C18H20FN3O3/c1-11-9-13(19)3-6-16(11)22-8-7-15(20-22)17(23)21(14-4-5-14)10-12(2)18(24)25/h3,6-9,12,14H,4-5,10H2,1-2H3,(H,24,25). The molecule has 3 rings (SSSR count). The number of benzene rings is 1. The van der Waals surface area contributed by atoms with Gasteiger partial charge in [0.05, 0.1) is 11.6 Å². The molecule has 7 heteroatoms. The zero-order valence-electron chi connectivity index (χ0n) is 14.1. The van der Waals surface area contributed by atoms with E-state index in [1.807, 2.05) is 0 Å². The molecule has 6 nitrogen and oxygen atoms in total. The predicted octanol–water partition coefficient (Wildman–Crippen LogP) is 2.65. The lowest BCUT2D eigenvalue weighted by molar-refractivity contribution is -0.141. The van der Waals surface area contributed by atoms with Crippen molar-refractivity contribution in [3.05, 3.63) is 47.5 Å². The van der Waals surface area contributed by atoms with Gasteiger partial charge in [-0.2, -0.15) is 5.10 Å². The molecule has 0 aliphatic heterocycles. The van der Waals surface area contributed by atoms with Crippen molar-refractivity contribution < 1.29 is 19.1 Å². The molecule has 1 fully saturated rings. The fourth-order valence-electron chi connectivity index (χ4n) is 2.75. The molecule has 0 spiro atoms. The molecule has 1 aromatic heterocycles. The van der Waals surface area contributed by atoms with Gasteiger partial charge in [0.25, 0.3) is 5.91 Å². The molecule has 132 valence electrons. The minimum Gasteiger partial charge on any atom is -0.481 e. The van der Waals surface area contributed by atoms with E-state index in [9.17, 15) is 14.0 Å². The van der Waals surface area contributed by atoms with Gasteiger partial charge in [-0.1, -0.05) is 6.92 Å². The lowest BCUT2D eigenvalue weighted by Gasteiger charge is -2.23. The van der Waals surface area contributed by atoms with Crippen molar-refractivity contribution in [2.24, 2.45) is 5.92 Å². The number of aromatic nitrogens is 2. The first kappa shape index (κ1) is 17.1. The summed E-state index contributed by atoms with van der Waals surface area (Å²) in [6.45, 7) is 3.53. The van der Waals surface area contributed by atoms with Gasteiger partial charge in [-0.05, 0) is 49.6 Å². The van der Waals surface area contributed by atoms with Crippen LogP contribution in [0.2, 0.25) is 0 Å². The molecular formula is C18H20FN3O3. The Morgan fingerprint density at radius 1 is 1.40 bits per heavy atom. The number of carboxylic acids is 1. The molecular weight excluding hydrogens is 325 g/mol. The number of carbonyl (C=O) groups is 2. The number of hydrogen-bond acceptors (Lipinski definition) is 3. The third kappa shape index (κ3) is 3.70. The highest BCUT2D eigenvalue weighted by atomic mass is 19.1. The van der Waals surface area contributed by atoms with Crippen LogP contribution in [-0.4, -0.2) is 44.3 Å². The highest BCUT2D eigenvalue weighted by Crippen LogP contribution is 2.29. The fourth-order valence-corrected chi connectivity index (χ4v) is 2.75. The maximum Gasteiger partial charge on any atom is 0.308 e. The predicted molar refractivity (Wildman–Crippen MR) is 89.1 cm³/mol. The summed E-state index contributed by atoms with van der Waals surface area (Å²) >= 11 is 0. The molecule has 25 heavy (non-hydrogen) atoms. The molecule has 2 aromatic rings. The Morgan fingerprint density at radius 2 is 2.12 bits per heavy atom. The second-order valence-corrected chi connectivity index (χ2v) is 6.50. The largest absolute Gasteiger partial charge is 0.481 e. The van der Waals surface area contributed by atoms with Gasteiger partial charge in [0.15, 0.2) is 5.69 Å². The average molecular weight is 345 g/mol. The molecule has 1 aromatic carbocycles. The second-order valence-electron chi connectivity index (χ2n) is 6.50. The molecule has 1 aliphatic rings. The molecule has 1 heterocycles. The van der Waals surface area contributed by atoms with Crippen LogP contribution in [0, 0.1) is 18.7 Å². The van der Waals surface area contributed by atoms with Crippen molar-refractivity contribution in [3.63, 3.8) is 0 Å².